The Morgan fingerprint density at radius 1 is 1.41 bits per heavy atom. The molecule has 2 rings (SSSR count). The van der Waals surface area contributed by atoms with Crippen molar-refractivity contribution in [2.24, 2.45) is 0 Å². The minimum atomic E-state index is 0.0594. The molecule has 5 nitrogen and oxygen atoms in total. The SMILES string of the molecule is N#CC(C#N)=CNc1ccnn1C1CCCC1. The Morgan fingerprint density at radius 3 is 2.76 bits per heavy atom. The Balaban J connectivity index is 2.12. The van der Waals surface area contributed by atoms with Gasteiger partial charge in [0.2, 0.25) is 0 Å². The minimum absolute atomic E-state index is 0.0594. The van der Waals surface area contributed by atoms with Crippen LogP contribution in [0.2, 0.25) is 0 Å². The fourth-order valence-electron chi connectivity index (χ4n) is 2.10. The lowest BCUT2D eigenvalue weighted by atomic mass is 10.2. The van der Waals surface area contributed by atoms with E-state index in [1.54, 1.807) is 6.20 Å². The molecule has 0 spiro atoms. The first-order chi connectivity index (χ1) is 8.35. The lowest BCUT2D eigenvalue weighted by Crippen LogP contribution is -2.09. The zero-order valence-electron chi connectivity index (χ0n) is 9.43. The number of hydrogen-bond donors (Lipinski definition) is 1. The molecule has 0 atom stereocenters. The third-order valence-electron chi connectivity index (χ3n) is 2.95. The van der Waals surface area contributed by atoms with Gasteiger partial charge in [-0.3, -0.25) is 0 Å². The Morgan fingerprint density at radius 2 is 2.12 bits per heavy atom. The van der Waals surface area contributed by atoms with Crippen molar-refractivity contribution >= 4 is 5.82 Å². The minimum Gasteiger partial charge on any atom is -0.345 e. The van der Waals surface area contributed by atoms with E-state index in [1.807, 2.05) is 22.9 Å². The fourth-order valence-corrected chi connectivity index (χ4v) is 2.10. The maximum atomic E-state index is 8.63. The highest BCUT2D eigenvalue weighted by Gasteiger charge is 2.19. The maximum absolute atomic E-state index is 8.63. The summed E-state index contributed by atoms with van der Waals surface area (Å²) >= 11 is 0. The summed E-state index contributed by atoms with van der Waals surface area (Å²) in [6.07, 6.45) is 7.91. The number of aromatic nitrogens is 2. The van der Waals surface area contributed by atoms with E-state index in [0.717, 1.165) is 18.7 Å². The van der Waals surface area contributed by atoms with Crippen LogP contribution in [0.4, 0.5) is 5.82 Å². The lowest BCUT2D eigenvalue weighted by Gasteiger charge is -2.13. The van der Waals surface area contributed by atoms with Crippen molar-refractivity contribution in [2.45, 2.75) is 31.7 Å². The summed E-state index contributed by atoms with van der Waals surface area (Å²) in [6.45, 7) is 0. The van der Waals surface area contributed by atoms with E-state index in [1.165, 1.54) is 19.0 Å². The van der Waals surface area contributed by atoms with Crippen LogP contribution < -0.4 is 5.32 Å². The van der Waals surface area contributed by atoms with Gasteiger partial charge in [-0.15, -0.1) is 0 Å². The van der Waals surface area contributed by atoms with Crippen LogP contribution in [0.3, 0.4) is 0 Å². The molecule has 1 heterocycles. The average Bonchev–Trinajstić information content (AvgIpc) is 3.00. The number of allylic oxidation sites excluding steroid dienone is 1. The van der Waals surface area contributed by atoms with E-state index in [4.69, 9.17) is 10.5 Å². The molecule has 0 unspecified atom stereocenters. The van der Waals surface area contributed by atoms with Gasteiger partial charge in [0.05, 0.1) is 12.2 Å². The molecule has 0 saturated heterocycles. The Hall–Kier alpha value is -2.27. The van der Waals surface area contributed by atoms with E-state index in [0.29, 0.717) is 6.04 Å². The van der Waals surface area contributed by atoms with Gasteiger partial charge < -0.3 is 5.32 Å². The molecule has 5 heteroatoms. The molecule has 0 aliphatic heterocycles. The number of nitrogens with one attached hydrogen (secondary N) is 1. The Labute approximate surface area is 100.0 Å². The highest BCUT2D eigenvalue weighted by molar-refractivity contribution is 5.44. The molecular weight excluding hydrogens is 214 g/mol. The molecule has 1 fully saturated rings. The molecule has 0 aromatic carbocycles. The van der Waals surface area contributed by atoms with Crippen molar-refractivity contribution in [2.75, 3.05) is 5.32 Å². The van der Waals surface area contributed by atoms with Gasteiger partial charge in [-0.2, -0.15) is 15.6 Å². The first kappa shape index (κ1) is 11.2. The third-order valence-corrected chi connectivity index (χ3v) is 2.95. The van der Waals surface area contributed by atoms with Crippen LogP contribution in [-0.2, 0) is 0 Å². The van der Waals surface area contributed by atoms with Gasteiger partial charge in [0.25, 0.3) is 0 Å². The van der Waals surface area contributed by atoms with Crippen molar-refractivity contribution in [1.82, 2.24) is 9.78 Å². The molecule has 1 aromatic heterocycles. The van der Waals surface area contributed by atoms with Crippen molar-refractivity contribution in [3.05, 3.63) is 24.0 Å². The molecule has 86 valence electrons. The molecule has 0 radical (unpaired) electrons. The molecule has 1 aliphatic carbocycles. The fraction of sp³-hybridized carbons (Fsp3) is 0.417. The number of anilines is 1. The van der Waals surface area contributed by atoms with E-state index >= 15 is 0 Å². The normalized spacial score (nSPS) is 14.9. The average molecular weight is 227 g/mol. The Bertz CT molecular complexity index is 478. The van der Waals surface area contributed by atoms with Crippen LogP contribution in [0.15, 0.2) is 24.0 Å². The van der Waals surface area contributed by atoms with Gasteiger partial charge in [-0.25, -0.2) is 4.68 Å². The summed E-state index contributed by atoms with van der Waals surface area (Å²) in [5, 5.41) is 24.5. The number of nitriles is 2. The van der Waals surface area contributed by atoms with Gasteiger partial charge in [0.1, 0.15) is 23.5 Å². The highest BCUT2D eigenvalue weighted by Crippen LogP contribution is 2.31. The van der Waals surface area contributed by atoms with Crippen molar-refractivity contribution in [1.29, 1.82) is 10.5 Å². The number of rotatable bonds is 3. The smallest absolute Gasteiger partial charge is 0.145 e. The van der Waals surface area contributed by atoms with Crippen LogP contribution in [0, 0.1) is 22.7 Å². The van der Waals surface area contributed by atoms with Crippen LogP contribution in [-0.4, -0.2) is 9.78 Å². The molecular formula is C12H13N5. The molecule has 1 aliphatic rings. The van der Waals surface area contributed by atoms with Crippen LogP contribution >= 0.6 is 0 Å². The van der Waals surface area contributed by atoms with E-state index in [-0.39, 0.29) is 5.57 Å². The zero-order chi connectivity index (χ0) is 12.1. The molecule has 1 aromatic rings. The van der Waals surface area contributed by atoms with Crippen molar-refractivity contribution in [3.63, 3.8) is 0 Å². The van der Waals surface area contributed by atoms with Gasteiger partial charge in [0.15, 0.2) is 0 Å². The monoisotopic (exact) mass is 227 g/mol. The zero-order valence-corrected chi connectivity index (χ0v) is 9.43. The standard InChI is InChI=1S/C12H13N5/c13-7-10(8-14)9-15-12-5-6-16-17(12)11-3-1-2-4-11/h5-6,9,11,15H,1-4H2. The van der Waals surface area contributed by atoms with Gasteiger partial charge in [-0.05, 0) is 12.8 Å². The second kappa shape index (κ2) is 5.18. The van der Waals surface area contributed by atoms with Crippen molar-refractivity contribution in [3.8, 4) is 12.1 Å². The van der Waals surface area contributed by atoms with Crippen LogP contribution in [0.5, 0.6) is 0 Å². The Kier molecular flexibility index (Phi) is 3.42. The summed E-state index contributed by atoms with van der Waals surface area (Å²) in [5.74, 6) is 0.833. The summed E-state index contributed by atoms with van der Waals surface area (Å²) in [6, 6.07) is 5.91. The maximum Gasteiger partial charge on any atom is 0.145 e. The number of nitrogens with zero attached hydrogens (tertiary/aromatic N) is 4. The van der Waals surface area contributed by atoms with E-state index in [9.17, 15) is 0 Å². The topological polar surface area (TPSA) is 77.4 Å². The predicted molar refractivity (Wildman–Crippen MR) is 62.7 cm³/mol. The summed E-state index contributed by atoms with van der Waals surface area (Å²) in [4.78, 5) is 0. The van der Waals surface area contributed by atoms with Gasteiger partial charge in [-0.1, -0.05) is 12.8 Å². The quantitative estimate of drug-likeness (QED) is 0.804. The second-order valence-corrected chi connectivity index (χ2v) is 4.03. The van der Waals surface area contributed by atoms with Crippen LogP contribution in [0.1, 0.15) is 31.7 Å². The number of hydrogen-bond acceptors (Lipinski definition) is 4. The van der Waals surface area contributed by atoms with E-state index in [2.05, 4.69) is 10.4 Å². The lowest BCUT2D eigenvalue weighted by molar-refractivity contribution is 0.473. The first-order valence-corrected chi connectivity index (χ1v) is 5.65. The van der Waals surface area contributed by atoms with Crippen molar-refractivity contribution < 1.29 is 0 Å². The predicted octanol–water partition coefficient (Wildman–Crippen LogP) is 2.34. The van der Waals surface area contributed by atoms with Gasteiger partial charge in [0, 0.05) is 12.3 Å². The summed E-state index contributed by atoms with van der Waals surface area (Å²) < 4.78 is 1.94. The summed E-state index contributed by atoms with van der Waals surface area (Å²) in [7, 11) is 0. The molecule has 17 heavy (non-hydrogen) atoms. The first-order valence-electron chi connectivity index (χ1n) is 5.65. The molecule has 0 bridgehead atoms. The highest BCUT2D eigenvalue weighted by atomic mass is 15.3. The third kappa shape index (κ3) is 2.46. The molecule has 1 saturated carbocycles. The van der Waals surface area contributed by atoms with Crippen LogP contribution in [0.25, 0.3) is 0 Å². The molecule has 1 N–H and O–H groups in total. The largest absolute Gasteiger partial charge is 0.345 e. The second-order valence-electron chi connectivity index (χ2n) is 4.03. The molecule has 0 amide bonds. The van der Waals surface area contributed by atoms with E-state index < -0.39 is 0 Å². The summed E-state index contributed by atoms with van der Waals surface area (Å²) in [5.41, 5.74) is 0.0594. The van der Waals surface area contributed by atoms with Gasteiger partial charge >= 0.3 is 0 Å².